The Morgan fingerprint density at radius 3 is 2.62 bits per heavy atom. The van der Waals surface area contributed by atoms with Crippen molar-refractivity contribution in [2.75, 3.05) is 0 Å². The maximum atomic E-state index is 12.3. The maximum absolute atomic E-state index is 12.3. The normalized spacial score (nSPS) is 10.4. The van der Waals surface area contributed by atoms with E-state index in [1.54, 1.807) is 42.7 Å². The van der Waals surface area contributed by atoms with Crippen LogP contribution < -0.4 is 4.74 Å². The topological polar surface area (TPSA) is 63.0 Å². The Morgan fingerprint density at radius 1 is 1.08 bits per heavy atom. The second-order valence-electron chi connectivity index (χ2n) is 5.57. The van der Waals surface area contributed by atoms with E-state index in [1.807, 2.05) is 42.5 Å². The Morgan fingerprint density at radius 2 is 1.88 bits per heavy atom. The number of rotatable bonds is 6. The molecule has 0 unspecified atom stereocenters. The van der Waals surface area contributed by atoms with Crippen LogP contribution in [0.1, 0.15) is 27.0 Å². The molecular weight excluding hydrogens is 324 g/mol. The fourth-order valence-electron chi connectivity index (χ4n) is 2.36. The summed E-state index contributed by atoms with van der Waals surface area (Å²) in [6.45, 7) is 0.405. The maximum Gasteiger partial charge on any atom is 0.185 e. The molecule has 4 nitrogen and oxygen atoms in total. The highest BCUT2D eigenvalue weighted by Crippen LogP contribution is 2.21. The zero-order chi connectivity index (χ0) is 18.2. The van der Waals surface area contributed by atoms with E-state index in [-0.39, 0.29) is 5.78 Å². The zero-order valence-corrected chi connectivity index (χ0v) is 14.0. The summed E-state index contributed by atoms with van der Waals surface area (Å²) in [6, 6.07) is 19.9. The molecule has 0 atom stereocenters. The van der Waals surface area contributed by atoms with Crippen LogP contribution >= 0.6 is 0 Å². The van der Waals surface area contributed by atoms with Crippen molar-refractivity contribution in [1.29, 1.82) is 5.26 Å². The number of carbonyl (C=O) groups excluding carboxylic acids is 1. The Balaban J connectivity index is 1.71. The van der Waals surface area contributed by atoms with E-state index in [0.29, 0.717) is 23.5 Å². The van der Waals surface area contributed by atoms with Gasteiger partial charge in [-0.15, -0.1) is 0 Å². The third kappa shape index (κ3) is 4.43. The van der Waals surface area contributed by atoms with Crippen molar-refractivity contribution in [3.05, 3.63) is 101 Å². The van der Waals surface area contributed by atoms with Gasteiger partial charge in [-0.25, -0.2) is 0 Å². The lowest BCUT2D eigenvalue weighted by molar-refractivity contribution is 0.104. The number of hydrogen-bond donors (Lipinski definition) is 0. The van der Waals surface area contributed by atoms with Crippen molar-refractivity contribution >= 4 is 11.9 Å². The summed E-state index contributed by atoms with van der Waals surface area (Å²) in [5, 5.41) is 8.82. The number of ether oxygens (including phenoxy) is 1. The van der Waals surface area contributed by atoms with Gasteiger partial charge >= 0.3 is 0 Å². The highest BCUT2D eigenvalue weighted by molar-refractivity contribution is 6.07. The summed E-state index contributed by atoms with van der Waals surface area (Å²) in [6.07, 6.45) is 6.72. The first-order valence-electron chi connectivity index (χ1n) is 8.09. The van der Waals surface area contributed by atoms with Gasteiger partial charge in [0.2, 0.25) is 0 Å². The smallest absolute Gasteiger partial charge is 0.185 e. The number of aromatic nitrogens is 1. The lowest BCUT2D eigenvalue weighted by atomic mass is 10.1. The molecule has 0 aliphatic carbocycles. The van der Waals surface area contributed by atoms with Crippen LogP contribution in [0, 0.1) is 11.3 Å². The van der Waals surface area contributed by atoms with Crippen molar-refractivity contribution < 1.29 is 9.53 Å². The minimum Gasteiger partial charge on any atom is -0.488 e. The molecule has 0 saturated heterocycles. The molecule has 0 bridgehead atoms. The monoisotopic (exact) mass is 340 g/mol. The fourth-order valence-corrected chi connectivity index (χ4v) is 2.36. The molecule has 0 fully saturated rings. The van der Waals surface area contributed by atoms with Gasteiger partial charge in [-0.1, -0.05) is 24.3 Å². The highest BCUT2D eigenvalue weighted by Gasteiger charge is 2.04. The van der Waals surface area contributed by atoms with Crippen LogP contribution in [-0.4, -0.2) is 10.8 Å². The van der Waals surface area contributed by atoms with Crippen molar-refractivity contribution in [1.82, 2.24) is 4.98 Å². The molecule has 0 N–H and O–H groups in total. The van der Waals surface area contributed by atoms with Gasteiger partial charge < -0.3 is 4.74 Å². The standard InChI is InChI=1S/C22H16N2O2/c23-14-17-7-9-19(10-8-17)21(25)12-11-20-5-1-2-6-22(20)26-16-18-4-3-13-24-15-18/h1-13,15H,16H2/b12-11+. The zero-order valence-electron chi connectivity index (χ0n) is 14.0. The molecule has 0 aliphatic heterocycles. The van der Waals surface area contributed by atoms with Crippen molar-refractivity contribution in [2.24, 2.45) is 0 Å². The lowest BCUT2D eigenvalue weighted by Crippen LogP contribution is -1.98. The number of nitrogens with zero attached hydrogens (tertiary/aromatic N) is 2. The van der Waals surface area contributed by atoms with Crippen molar-refractivity contribution in [3.8, 4) is 11.8 Å². The fraction of sp³-hybridized carbons (Fsp3) is 0.0455. The minimum absolute atomic E-state index is 0.128. The second kappa shape index (κ2) is 8.41. The van der Waals surface area contributed by atoms with E-state index in [9.17, 15) is 4.79 Å². The number of allylic oxidation sites excluding steroid dienone is 1. The first-order valence-corrected chi connectivity index (χ1v) is 8.09. The predicted octanol–water partition coefficient (Wildman–Crippen LogP) is 4.43. The van der Waals surface area contributed by atoms with E-state index in [0.717, 1.165) is 11.1 Å². The molecule has 4 heteroatoms. The first kappa shape index (κ1) is 17.1. The minimum atomic E-state index is -0.128. The molecule has 26 heavy (non-hydrogen) atoms. The van der Waals surface area contributed by atoms with Gasteiger partial charge in [0.1, 0.15) is 12.4 Å². The van der Waals surface area contributed by atoms with Crippen LogP contribution in [0.3, 0.4) is 0 Å². The Bertz CT molecular complexity index is 955. The Hall–Kier alpha value is -3.71. The Kier molecular flexibility index (Phi) is 5.54. The van der Waals surface area contributed by atoms with Crippen LogP contribution in [0.15, 0.2) is 79.1 Å². The molecule has 3 rings (SSSR count). The number of pyridine rings is 1. The van der Waals surface area contributed by atoms with E-state index < -0.39 is 0 Å². The molecule has 3 aromatic rings. The largest absolute Gasteiger partial charge is 0.488 e. The molecular formula is C22H16N2O2. The van der Waals surface area contributed by atoms with E-state index in [2.05, 4.69) is 4.98 Å². The first-order chi connectivity index (χ1) is 12.8. The number of para-hydroxylation sites is 1. The third-order valence-electron chi connectivity index (χ3n) is 3.75. The summed E-state index contributed by atoms with van der Waals surface area (Å²) in [4.78, 5) is 16.4. The van der Waals surface area contributed by atoms with E-state index in [4.69, 9.17) is 10.00 Å². The van der Waals surface area contributed by atoms with E-state index in [1.165, 1.54) is 6.08 Å². The van der Waals surface area contributed by atoms with E-state index >= 15 is 0 Å². The average Bonchev–Trinajstić information content (AvgIpc) is 2.72. The molecule has 1 aromatic heterocycles. The molecule has 126 valence electrons. The molecule has 0 aliphatic rings. The van der Waals surface area contributed by atoms with Gasteiger partial charge in [0.25, 0.3) is 0 Å². The number of benzene rings is 2. The SMILES string of the molecule is N#Cc1ccc(C(=O)/C=C/c2ccccc2OCc2cccnc2)cc1. The van der Waals surface area contributed by atoms with Gasteiger partial charge in [0.05, 0.1) is 11.6 Å². The predicted molar refractivity (Wildman–Crippen MR) is 99.5 cm³/mol. The summed E-state index contributed by atoms with van der Waals surface area (Å²) >= 11 is 0. The summed E-state index contributed by atoms with van der Waals surface area (Å²) in [7, 11) is 0. The van der Waals surface area contributed by atoms with Gasteiger partial charge in [0, 0.05) is 29.1 Å². The van der Waals surface area contributed by atoms with Crippen LogP contribution in [-0.2, 0) is 6.61 Å². The van der Waals surface area contributed by atoms with Crippen LogP contribution in [0.5, 0.6) is 5.75 Å². The average molecular weight is 340 g/mol. The highest BCUT2D eigenvalue weighted by atomic mass is 16.5. The van der Waals surface area contributed by atoms with Gasteiger partial charge in [-0.05, 0) is 48.6 Å². The van der Waals surface area contributed by atoms with Gasteiger partial charge in [-0.2, -0.15) is 5.26 Å². The number of carbonyl (C=O) groups is 1. The van der Waals surface area contributed by atoms with Crippen LogP contribution in [0.25, 0.3) is 6.08 Å². The Labute approximate surface area is 152 Å². The van der Waals surface area contributed by atoms with Gasteiger partial charge in [-0.3, -0.25) is 9.78 Å². The van der Waals surface area contributed by atoms with Crippen molar-refractivity contribution in [2.45, 2.75) is 6.61 Å². The molecule has 0 radical (unpaired) electrons. The van der Waals surface area contributed by atoms with Gasteiger partial charge in [0.15, 0.2) is 5.78 Å². The number of ketones is 1. The van der Waals surface area contributed by atoms with Crippen molar-refractivity contribution in [3.63, 3.8) is 0 Å². The van der Waals surface area contributed by atoms with Crippen LogP contribution in [0.4, 0.5) is 0 Å². The molecule has 2 aromatic carbocycles. The molecule has 0 saturated carbocycles. The molecule has 0 spiro atoms. The lowest BCUT2D eigenvalue weighted by Gasteiger charge is -2.09. The summed E-state index contributed by atoms with van der Waals surface area (Å²) in [5.41, 5.74) is 2.85. The third-order valence-corrected chi connectivity index (χ3v) is 3.75. The molecule has 0 amide bonds. The number of hydrogen-bond acceptors (Lipinski definition) is 4. The summed E-state index contributed by atoms with van der Waals surface area (Å²) < 4.78 is 5.85. The quantitative estimate of drug-likeness (QED) is 0.492. The second-order valence-corrected chi connectivity index (χ2v) is 5.57. The van der Waals surface area contributed by atoms with Crippen LogP contribution in [0.2, 0.25) is 0 Å². The summed E-state index contributed by atoms with van der Waals surface area (Å²) in [5.74, 6) is 0.566. The molecule has 1 heterocycles. The number of nitriles is 1.